The smallest absolute Gasteiger partial charge is 0.243 e. The average molecular weight is 580 g/mol. The Hall–Kier alpha value is -3.57. The van der Waals surface area contributed by atoms with Crippen molar-refractivity contribution < 1.29 is 24.0 Å². The first-order valence-electron chi connectivity index (χ1n) is 14.1. The molecule has 3 aromatic rings. The number of aliphatic hydroxyl groups is 1. The van der Waals surface area contributed by atoms with Gasteiger partial charge in [-0.15, -0.1) is 11.3 Å². The van der Waals surface area contributed by atoms with Crippen LogP contribution in [0, 0.1) is 12.8 Å². The van der Waals surface area contributed by atoms with Gasteiger partial charge in [-0.3, -0.25) is 14.4 Å². The number of nitrogens with one attached hydrogen (secondary N) is 1. The van der Waals surface area contributed by atoms with Crippen molar-refractivity contribution in [2.45, 2.75) is 71.1 Å². The van der Waals surface area contributed by atoms with E-state index in [0.29, 0.717) is 37.5 Å². The number of carbonyl (C=O) groups is 3. The average Bonchev–Trinajstić information content (AvgIpc) is 3.69. The van der Waals surface area contributed by atoms with Crippen LogP contribution in [0.5, 0.6) is 0 Å². The molecule has 1 aromatic carbocycles. The van der Waals surface area contributed by atoms with Crippen LogP contribution >= 0.6 is 11.3 Å². The predicted octanol–water partition coefficient (Wildman–Crippen LogP) is 3.85. The molecule has 2 fully saturated rings. The summed E-state index contributed by atoms with van der Waals surface area (Å²) in [5.41, 5.74) is 4.83. The molecular weight excluding hydrogens is 542 g/mol. The summed E-state index contributed by atoms with van der Waals surface area (Å²) in [4.78, 5) is 47.9. The molecule has 0 radical (unpaired) electrons. The number of hydrogen-bond donors (Lipinski definition) is 2. The molecule has 2 saturated heterocycles. The summed E-state index contributed by atoms with van der Waals surface area (Å²) in [6.45, 7) is 8.94. The third-order valence-electron chi connectivity index (χ3n) is 8.04. The molecule has 218 valence electrons. The van der Waals surface area contributed by atoms with Gasteiger partial charge in [0, 0.05) is 45.0 Å². The van der Waals surface area contributed by atoms with Crippen LogP contribution in [0.1, 0.15) is 69.0 Å². The summed E-state index contributed by atoms with van der Waals surface area (Å²) < 4.78 is 5.65. The maximum absolute atomic E-state index is 13.9. The molecule has 5 rings (SSSR count). The number of ketones is 1. The van der Waals surface area contributed by atoms with Crippen LogP contribution in [0.15, 0.2) is 40.4 Å². The molecule has 41 heavy (non-hydrogen) atoms. The van der Waals surface area contributed by atoms with Crippen molar-refractivity contribution in [3.05, 3.63) is 52.9 Å². The van der Waals surface area contributed by atoms with E-state index in [-0.39, 0.29) is 42.5 Å². The maximum atomic E-state index is 13.9. The molecule has 0 spiro atoms. The number of anilines is 1. The fraction of sp³-hybridized carbons (Fsp3) is 0.500. The number of carbonyl (C=O) groups excluding carboxylic acids is 3. The lowest BCUT2D eigenvalue weighted by Gasteiger charge is -2.29. The lowest BCUT2D eigenvalue weighted by Crippen LogP contribution is -2.48. The van der Waals surface area contributed by atoms with Gasteiger partial charge < -0.3 is 24.7 Å². The predicted molar refractivity (Wildman–Crippen MR) is 156 cm³/mol. The van der Waals surface area contributed by atoms with Crippen molar-refractivity contribution in [2.75, 3.05) is 24.5 Å². The van der Waals surface area contributed by atoms with Crippen LogP contribution in [0.3, 0.4) is 0 Å². The number of rotatable bonds is 8. The van der Waals surface area contributed by atoms with E-state index in [0.717, 1.165) is 21.7 Å². The van der Waals surface area contributed by atoms with E-state index >= 15 is 0 Å². The molecule has 0 bridgehead atoms. The number of likely N-dealkylation sites (tertiary alicyclic amines) is 1. The van der Waals surface area contributed by atoms with Crippen LogP contribution in [0.25, 0.3) is 10.4 Å². The normalized spacial score (nSPS) is 20.9. The Morgan fingerprint density at radius 3 is 2.49 bits per heavy atom. The van der Waals surface area contributed by atoms with E-state index in [1.807, 2.05) is 62.4 Å². The number of aryl methyl sites for hydroxylation is 1. The first-order valence-corrected chi connectivity index (χ1v) is 15.0. The molecule has 10 nitrogen and oxygen atoms in total. The molecule has 11 heteroatoms. The van der Waals surface area contributed by atoms with E-state index in [4.69, 9.17) is 4.52 Å². The lowest BCUT2D eigenvalue weighted by molar-refractivity contribution is -0.141. The SMILES string of the molecule is Cc1ncsc1-c1ccc([C@H](C)NC(=O)[C@@H]2C[C@@H](O)CN2C(=O)[C@@H](c2cc(N3CCC(=O)CC3)no2)C(C)C)cc1. The summed E-state index contributed by atoms with van der Waals surface area (Å²) in [5.74, 6) is -0.118. The molecule has 2 N–H and O–H groups in total. The highest BCUT2D eigenvalue weighted by Crippen LogP contribution is 2.33. The zero-order valence-corrected chi connectivity index (χ0v) is 24.7. The number of β-amino-alcohol motifs (C(OH)–C–C–N with tert-alkyl or cyclic N) is 1. The molecule has 2 aliphatic rings. The second-order valence-corrected chi connectivity index (χ2v) is 12.2. The van der Waals surface area contributed by atoms with Gasteiger partial charge in [0.1, 0.15) is 17.7 Å². The van der Waals surface area contributed by atoms with Crippen LogP contribution < -0.4 is 10.2 Å². The monoisotopic (exact) mass is 579 g/mol. The Kier molecular flexibility index (Phi) is 8.55. The minimum Gasteiger partial charge on any atom is -0.391 e. The van der Waals surface area contributed by atoms with E-state index in [2.05, 4.69) is 15.5 Å². The van der Waals surface area contributed by atoms with Crippen molar-refractivity contribution in [3.63, 3.8) is 0 Å². The Bertz CT molecular complexity index is 1390. The zero-order chi connectivity index (χ0) is 29.3. The van der Waals surface area contributed by atoms with Gasteiger partial charge in [0.05, 0.1) is 28.2 Å². The molecule has 0 saturated carbocycles. The highest BCUT2D eigenvalue weighted by atomic mass is 32.1. The molecule has 2 aliphatic heterocycles. The van der Waals surface area contributed by atoms with Crippen molar-refractivity contribution in [3.8, 4) is 10.4 Å². The summed E-state index contributed by atoms with van der Waals surface area (Å²) >= 11 is 1.59. The molecule has 0 unspecified atom stereocenters. The quantitative estimate of drug-likeness (QED) is 0.412. The summed E-state index contributed by atoms with van der Waals surface area (Å²) in [5, 5.41) is 17.7. The number of aliphatic hydroxyl groups excluding tert-OH is 1. The van der Waals surface area contributed by atoms with E-state index < -0.39 is 18.1 Å². The minimum atomic E-state index is -0.796. The number of nitrogens with zero attached hydrogens (tertiary/aromatic N) is 4. The third-order valence-corrected chi connectivity index (χ3v) is 9.02. The highest BCUT2D eigenvalue weighted by Gasteiger charge is 2.43. The van der Waals surface area contributed by atoms with E-state index in [1.54, 1.807) is 17.4 Å². The van der Waals surface area contributed by atoms with Crippen molar-refractivity contribution >= 4 is 34.8 Å². The number of Topliss-reactive ketones (excluding diaryl/α,β-unsaturated/α-hetero) is 1. The van der Waals surface area contributed by atoms with Crippen LogP contribution in [0.4, 0.5) is 5.82 Å². The lowest BCUT2D eigenvalue weighted by atomic mass is 9.91. The number of hydrogen-bond acceptors (Lipinski definition) is 9. The van der Waals surface area contributed by atoms with Crippen LogP contribution in [-0.4, -0.2) is 69.5 Å². The number of thiazole rings is 1. The second kappa shape index (κ2) is 12.1. The summed E-state index contributed by atoms with van der Waals surface area (Å²) in [6, 6.07) is 8.70. The zero-order valence-electron chi connectivity index (χ0n) is 23.9. The van der Waals surface area contributed by atoms with Gasteiger partial charge in [-0.2, -0.15) is 0 Å². The van der Waals surface area contributed by atoms with Crippen molar-refractivity contribution in [2.24, 2.45) is 5.92 Å². The molecular formula is C30H37N5O5S. The summed E-state index contributed by atoms with van der Waals surface area (Å²) in [7, 11) is 0. The number of aromatic nitrogens is 2. The third kappa shape index (κ3) is 6.20. The molecule has 4 atom stereocenters. The first kappa shape index (κ1) is 28.9. The fourth-order valence-electron chi connectivity index (χ4n) is 5.68. The Labute approximate surface area is 243 Å². The molecule has 2 aromatic heterocycles. The van der Waals surface area contributed by atoms with E-state index in [9.17, 15) is 19.5 Å². The van der Waals surface area contributed by atoms with Gasteiger partial charge in [0.2, 0.25) is 11.8 Å². The number of piperidine rings is 1. The van der Waals surface area contributed by atoms with Gasteiger partial charge in [-0.25, -0.2) is 4.98 Å². The minimum absolute atomic E-state index is 0.0760. The van der Waals surface area contributed by atoms with Gasteiger partial charge in [0.15, 0.2) is 11.6 Å². The number of benzene rings is 1. The topological polar surface area (TPSA) is 129 Å². The van der Waals surface area contributed by atoms with Gasteiger partial charge in [0.25, 0.3) is 0 Å². The highest BCUT2D eigenvalue weighted by molar-refractivity contribution is 7.13. The largest absolute Gasteiger partial charge is 0.391 e. The van der Waals surface area contributed by atoms with Crippen LogP contribution in [-0.2, 0) is 14.4 Å². The number of amides is 2. The molecule has 2 amide bonds. The first-order chi connectivity index (χ1) is 19.6. The van der Waals surface area contributed by atoms with Crippen LogP contribution in [0.2, 0.25) is 0 Å². The van der Waals surface area contributed by atoms with E-state index in [1.165, 1.54) is 4.90 Å². The van der Waals surface area contributed by atoms with Gasteiger partial charge in [-0.1, -0.05) is 43.3 Å². The molecule has 0 aliphatic carbocycles. The second-order valence-electron chi connectivity index (χ2n) is 11.3. The Balaban J connectivity index is 1.28. The van der Waals surface area contributed by atoms with Gasteiger partial charge in [-0.05, 0) is 30.9 Å². The fourth-order valence-corrected chi connectivity index (χ4v) is 6.49. The van der Waals surface area contributed by atoms with Crippen molar-refractivity contribution in [1.82, 2.24) is 20.4 Å². The maximum Gasteiger partial charge on any atom is 0.243 e. The van der Waals surface area contributed by atoms with Gasteiger partial charge >= 0.3 is 0 Å². The summed E-state index contributed by atoms with van der Waals surface area (Å²) in [6.07, 6.45) is 0.301. The Morgan fingerprint density at radius 2 is 1.85 bits per heavy atom. The van der Waals surface area contributed by atoms with Crippen molar-refractivity contribution in [1.29, 1.82) is 0 Å². The standard InChI is InChI=1S/C30H37N5O5S/c1-17(2)27(25-14-26(33-40-25)34-11-9-22(36)10-12-34)30(39)35-15-23(37)13-24(35)29(38)32-18(3)20-5-7-21(8-6-20)28-19(4)31-16-41-28/h5-8,14,16-18,23-24,27,37H,9-13,15H2,1-4H3,(H,32,38)/t18-,23+,24-,27+/m0/s1. The molecule has 4 heterocycles. The Morgan fingerprint density at radius 1 is 1.15 bits per heavy atom.